The van der Waals surface area contributed by atoms with E-state index in [0.29, 0.717) is 6.07 Å². The number of hydrogen-bond acceptors (Lipinski definition) is 3. The second-order valence-electron chi connectivity index (χ2n) is 4.25. The van der Waals surface area contributed by atoms with Crippen LogP contribution in [0.25, 0.3) is 0 Å². The van der Waals surface area contributed by atoms with Gasteiger partial charge in [0.25, 0.3) is 0 Å². The Morgan fingerprint density at radius 2 is 1.95 bits per heavy atom. The van der Waals surface area contributed by atoms with Crippen molar-refractivity contribution in [1.82, 2.24) is 4.72 Å². The number of amidine groups is 1. The van der Waals surface area contributed by atoms with Crippen molar-refractivity contribution in [3.63, 3.8) is 0 Å². The van der Waals surface area contributed by atoms with E-state index >= 15 is 0 Å². The molecule has 0 spiro atoms. The van der Waals surface area contributed by atoms with Crippen molar-refractivity contribution in [3.05, 3.63) is 29.8 Å². The third-order valence-corrected chi connectivity index (χ3v) is 4.01. The molecule has 0 heterocycles. The van der Waals surface area contributed by atoms with Gasteiger partial charge in [0.15, 0.2) is 0 Å². The van der Waals surface area contributed by atoms with Crippen molar-refractivity contribution in [2.75, 3.05) is 0 Å². The van der Waals surface area contributed by atoms with Gasteiger partial charge in [0.2, 0.25) is 10.0 Å². The van der Waals surface area contributed by atoms with E-state index in [4.69, 9.17) is 11.1 Å². The molecule has 0 aromatic heterocycles. The van der Waals surface area contributed by atoms with Crippen LogP contribution in [0.5, 0.6) is 0 Å². The molecule has 4 N–H and O–H groups in total. The Labute approximate surface area is 114 Å². The number of rotatable bonds is 5. The fourth-order valence-electron chi connectivity index (χ4n) is 1.64. The number of nitrogens with one attached hydrogen (secondary N) is 2. The van der Waals surface area contributed by atoms with E-state index < -0.39 is 32.7 Å². The lowest BCUT2D eigenvalue weighted by atomic mass is 10.2. The second-order valence-corrected chi connectivity index (χ2v) is 5.93. The molecule has 0 aliphatic rings. The largest absolute Gasteiger partial charge is 0.417 e. The Hall–Kier alpha value is -1.61. The van der Waals surface area contributed by atoms with Crippen LogP contribution in [0.3, 0.4) is 0 Å². The molecule has 0 bridgehead atoms. The summed E-state index contributed by atoms with van der Waals surface area (Å²) in [6.07, 6.45) is -4.86. The Kier molecular flexibility index (Phi) is 4.77. The summed E-state index contributed by atoms with van der Waals surface area (Å²) in [6, 6.07) is 3.12. The number of nitrogens with two attached hydrogens (primary N) is 1. The maximum absolute atomic E-state index is 12.8. The van der Waals surface area contributed by atoms with Crippen LogP contribution in [0, 0.1) is 5.41 Å². The summed E-state index contributed by atoms with van der Waals surface area (Å²) in [6.45, 7) is 1.41. The minimum atomic E-state index is -4.77. The van der Waals surface area contributed by atoms with E-state index in [-0.39, 0.29) is 12.3 Å². The lowest BCUT2D eigenvalue weighted by Gasteiger charge is -2.17. The maximum atomic E-state index is 12.8. The Balaban J connectivity index is 3.14. The number of benzene rings is 1. The van der Waals surface area contributed by atoms with Gasteiger partial charge in [-0.3, -0.25) is 5.41 Å². The zero-order valence-electron chi connectivity index (χ0n) is 10.5. The molecule has 9 heteroatoms. The molecule has 0 amide bonds. The van der Waals surface area contributed by atoms with Gasteiger partial charge in [0, 0.05) is 12.5 Å². The molecule has 1 rings (SSSR count). The zero-order valence-corrected chi connectivity index (χ0v) is 11.3. The van der Waals surface area contributed by atoms with E-state index in [2.05, 4.69) is 4.72 Å². The number of sulfonamides is 1. The van der Waals surface area contributed by atoms with Gasteiger partial charge in [0.1, 0.15) is 0 Å². The van der Waals surface area contributed by atoms with Crippen LogP contribution in [0.1, 0.15) is 18.9 Å². The van der Waals surface area contributed by atoms with E-state index in [1.807, 2.05) is 0 Å². The molecular weight excluding hydrogens is 295 g/mol. The predicted molar refractivity (Wildman–Crippen MR) is 67.8 cm³/mol. The molecule has 112 valence electrons. The quantitative estimate of drug-likeness (QED) is 0.570. The summed E-state index contributed by atoms with van der Waals surface area (Å²) < 4.78 is 64.3. The summed E-state index contributed by atoms with van der Waals surface area (Å²) in [4.78, 5) is -0.845. The molecule has 1 unspecified atom stereocenters. The highest BCUT2D eigenvalue weighted by Crippen LogP contribution is 2.33. The van der Waals surface area contributed by atoms with Crippen molar-refractivity contribution in [2.45, 2.75) is 30.5 Å². The van der Waals surface area contributed by atoms with Crippen molar-refractivity contribution in [2.24, 2.45) is 5.73 Å². The molecule has 1 aromatic carbocycles. The summed E-state index contributed by atoms with van der Waals surface area (Å²) >= 11 is 0. The standard InChI is InChI=1S/C11H14F3N3O2S/c1-7(6-10(15)16)17-20(18,19)9-5-3-2-4-8(9)11(12,13)14/h2-5,7,17H,6H2,1H3,(H3,15,16). The molecular formula is C11H14F3N3O2S. The fourth-order valence-corrected chi connectivity index (χ4v) is 3.11. The first-order valence-electron chi connectivity index (χ1n) is 5.55. The number of hydrogen-bond donors (Lipinski definition) is 3. The van der Waals surface area contributed by atoms with Gasteiger partial charge in [0.05, 0.1) is 16.3 Å². The highest BCUT2D eigenvalue weighted by molar-refractivity contribution is 7.89. The molecule has 0 saturated carbocycles. The van der Waals surface area contributed by atoms with Crippen molar-refractivity contribution in [3.8, 4) is 0 Å². The normalized spacial score (nSPS) is 14.0. The first kappa shape index (κ1) is 16.4. The Morgan fingerprint density at radius 1 is 1.40 bits per heavy atom. The minimum absolute atomic E-state index is 0.0899. The van der Waals surface area contributed by atoms with E-state index in [1.165, 1.54) is 13.0 Å². The molecule has 0 saturated heterocycles. The monoisotopic (exact) mass is 309 g/mol. The molecule has 5 nitrogen and oxygen atoms in total. The molecule has 0 fully saturated rings. The number of alkyl halides is 3. The van der Waals surface area contributed by atoms with Crippen LogP contribution < -0.4 is 10.5 Å². The SMILES string of the molecule is CC(CC(=N)N)NS(=O)(=O)c1ccccc1C(F)(F)F. The van der Waals surface area contributed by atoms with Crippen molar-refractivity contribution < 1.29 is 21.6 Å². The van der Waals surface area contributed by atoms with Gasteiger partial charge >= 0.3 is 6.18 Å². The molecule has 1 aromatic rings. The smallest absolute Gasteiger partial charge is 0.388 e. The van der Waals surface area contributed by atoms with Crippen molar-refractivity contribution in [1.29, 1.82) is 5.41 Å². The van der Waals surface area contributed by atoms with E-state index in [1.54, 1.807) is 0 Å². The fraction of sp³-hybridized carbons (Fsp3) is 0.364. The lowest BCUT2D eigenvalue weighted by Crippen LogP contribution is -2.36. The molecule has 0 aliphatic carbocycles. The Morgan fingerprint density at radius 3 is 2.45 bits per heavy atom. The van der Waals surface area contributed by atoms with Gasteiger partial charge in [-0.15, -0.1) is 0 Å². The first-order chi connectivity index (χ1) is 9.04. The first-order valence-corrected chi connectivity index (χ1v) is 7.04. The predicted octanol–water partition coefficient (Wildman–Crippen LogP) is 1.70. The van der Waals surface area contributed by atoms with Gasteiger partial charge < -0.3 is 5.73 Å². The highest BCUT2D eigenvalue weighted by Gasteiger charge is 2.37. The van der Waals surface area contributed by atoms with Crippen LogP contribution in [0.15, 0.2) is 29.2 Å². The highest BCUT2D eigenvalue weighted by atomic mass is 32.2. The summed E-state index contributed by atoms with van der Waals surface area (Å²) in [5.74, 6) is -0.260. The van der Waals surface area contributed by atoms with Gasteiger partial charge in [-0.05, 0) is 19.1 Å². The Bertz CT molecular complexity index is 599. The average molecular weight is 309 g/mol. The lowest BCUT2D eigenvalue weighted by molar-refractivity contribution is -0.139. The topological polar surface area (TPSA) is 96.0 Å². The molecule has 1 atom stereocenters. The molecule has 20 heavy (non-hydrogen) atoms. The van der Waals surface area contributed by atoms with E-state index in [9.17, 15) is 21.6 Å². The molecule has 0 aliphatic heterocycles. The third kappa shape index (κ3) is 4.20. The summed E-state index contributed by atoms with van der Waals surface area (Å²) in [5, 5.41) is 7.04. The third-order valence-electron chi connectivity index (χ3n) is 2.36. The van der Waals surface area contributed by atoms with Crippen LogP contribution in [0.4, 0.5) is 13.2 Å². The average Bonchev–Trinajstić information content (AvgIpc) is 2.25. The van der Waals surface area contributed by atoms with Gasteiger partial charge in [-0.25, -0.2) is 13.1 Å². The van der Waals surface area contributed by atoms with Crippen LogP contribution in [-0.4, -0.2) is 20.3 Å². The summed E-state index contributed by atoms with van der Waals surface area (Å²) in [5.41, 5.74) is 3.88. The van der Waals surface area contributed by atoms with Crippen molar-refractivity contribution >= 4 is 15.9 Å². The summed E-state index contributed by atoms with van der Waals surface area (Å²) in [7, 11) is -4.34. The molecule has 0 radical (unpaired) electrons. The minimum Gasteiger partial charge on any atom is -0.388 e. The number of halogens is 3. The maximum Gasteiger partial charge on any atom is 0.417 e. The van der Waals surface area contributed by atoms with Crippen LogP contribution in [0.2, 0.25) is 0 Å². The van der Waals surface area contributed by atoms with Gasteiger partial charge in [-0.2, -0.15) is 13.2 Å². The van der Waals surface area contributed by atoms with Crippen LogP contribution >= 0.6 is 0 Å². The van der Waals surface area contributed by atoms with Crippen LogP contribution in [-0.2, 0) is 16.2 Å². The second kappa shape index (κ2) is 5.80. The van der Waals surface area contributed by atoms with E-state index in [0.717, 1.165) is 12.1 Å². The van der Waals surface area contributed by atoms with Gasteiger partial charge in [-0.1, -0.05) is 12.1 Å². The zero-order chi connectivity index (χ0) is 15.6.